The van der Waals surface area contributed by atoms with Crippen LogP contribution in [0.3, 0.4) is 0 Å². The van der Waals surface area contributed by atoms with Crippen molar-refractivity contribution in [3.05, 3.63) is 63.9 Å². The molecule has 2 aromatic rings. The van der Waals surface area contributed by atoms with Gasteiger partial charge in [0, 0.05) is 21.2 Å². The molecule has 2 aromatic carbocycles. The molecule has 1 N–H and O–H groups in total. The van der Waals surface area contributed by atoms with Gasteiger partial charge in [-0.05, 0) is 49.4 Å². The molecule has 1 nitrogen and oxygen atoms in total. The van der Waals surface area contributed by atoms with E-state index in [-0.39, 0.29) is 11.9 Å². The number of hydrogen-bond donors (Lipinski definition) is 1. The summed E-state index contributed by atoms with van der Waals surface area (Å²) in [7, 11) is 1.94. The van der Waals surface area contributed by atoms with Gasteiger partial charge in [0.2, 0.25) is 0 Å². The molecular formula is C16H17BrFNS. The van der Waals surface area contributed by atoms with Crippen LogP contribution in [-0.2, 0) is 0 Å². The highest BCUT2D eigenvalue weighted by Crippen LogP contribution is 2.27. The maximum absolute atomic E-state index is 13.3. The summed E-state index contributed by atoms with van der Waals surface area (Å²) >= 11 is 5.26. The maximum Gasteiger partial charge on any atom is 0.126 e. The first kappa shape index (κ1) is 15.5. The summed E-state index contributed by atoms with van der Waals surface area (Å²) < 4.78 is 14.4. The van der Waals surface area contributed by atoms with Crippen LogP contribution in [0.1, 0.15) is 17.2 Å². The van der Waals surface area contributed by atoms with Crippen molar-refractivity contribution in [2.45, 2.75) is 17.9 Å². The average Bonchev–Trinajstić information content (AvgIpc) is 2.43. The molecule has 0 fully saturated rings. The van der Waals surface area contributed by atoms with Gasteiger partial charge in [-0.2, -0.15) is 0 Å². The van der Waals surface area contributed by atoms with Crippen LogP contribution in [0.4, 0.5) is 4.39 Å². The van der Waals surface area contributed by atoms with E-state index in [1.807, 2.05) is 31.3 Å². The molecule has 106 valence electrons. The van der Waals surface area contributed by atoms with Gasteiger partial charge in [0.05, 0.1) is 0 Å². The number of rotatable bonds is 5. The van der Waals surface area contributed by atoms with Crippen molar-refractivity contribution in [2.75, 3.05) is 12.8 Å². The van der Waals surface area contributed by atoms with E-state index < -0.39 is 0 Å². The Labute approximate surface area is 132 Å². The third kappa shape index (κ3) is 4.08. The molecule has 0 spiro atoms. The minimum Gasteiger partial charge on any atom is -0.312 e. The van der Waals surface area contributed by atoms with Crippen LogP contribution < -0.4 is 5.32 Å². The Morgan fingerprint density at radius 2 is 2.05 bits per heavy atom. The van der Waals surface area contributed by atoms with Gasteiger partial charge in [0.25, 0.3) is 0 Å². The smallest absolute Gasteiger partial charge is 0.126 e. The highest BCUT2D eigenvalue weighted by atomic mass is 79.9. The third-order valence-electron chi connectivity index (χ3n) is 3.15. The van der Waals surface area contributed by atoms with Gasteiger partial charge in [0.15, 0.2) is 0 Å². The van der Waals surface area contributed by atoms with E-state index in [4.69, 9.17) is 0 Å². The normalized spacial score (nSPS) is 12.4. The second kappa shape index (κ2) is 7.25. The highest BCUT2D eigenvalue weighted by Gasteiger charge is 2.11. The predicted molar refractivity (Wildman–Crippen MR) is 87.8 cm³/mol. The molecule has 0 aliphatic carbocycles. The van der Waals surface area contributed by atoms with Gasteiger partial charge < -0.3 is 5.32 Å². The maximum atomic E-state index is 13.3. The van der Waals surface area contributed by atoms with Gasteiger partial charge in [-0.3, -0.25) is 0 Å². The van der Waals surface area contributed by atoms with Crippen LogP contribution in [-0.4, -0.2) is 12.8 Å². The monoisotopic (exact) mass is 353 g/mol. The Morgan fingerprint density at radius 3 is 2.70 bits per heavy atom. The number of aryl methyl sites for hydroxylation is 1. The van der Waals surface area contributed by atoms with Crippen molar-refractivity contribution < 1.29 is 4.39 Å². The molecule has 1 atom stereocenters. The summed E-state index contributed by atoms with van der Waals surface area (Å²) in [4.78, 5) is 1.22. The fourth-order valence-electron chi connectivity index (χ4n) is 1.97. The lowest BCUT2D eigenvalue weighted by atomic mass is 10.1. The molecule has 4 heteroatoms. The van der Waals surface area contributed by atoms with Gasteiger partial charge in [0.1, 0.15) is 5.82 Å². The van der Waals surface area contributed by atoms with Gasteiger partial charge in [-0.1, -0.05) is 34.1 Å². The molecular weight excluding hydrogens is 337 g/mol. The Bertz CT molecular complexity index is 588. The zero-order valence-electron chi connectivity index (χ0n) is 11.5. The molecule has 0 aromatic heterocycles. The first-order valence-electron chi connectivity index (χ1n) is 6.42. The topological polar surface area (TPSA) is 12.0 Å². The molecule has 0 saturated carbocycles. The predicted octanol–water partition coefficient (Wildman–Crippen LogP) is 4.95. The van der Waals surface area contributed by atoms with E-state index in [9.17, 15) is 4.39 Å². The van der Waals surface area contributed by atoms with E-state index in [0.717, 1.165) is 15.8 Å². The molecule has 0 radical (unpaired) electrons. The van der Waals surface area contributed by atoms with E-state index in [0.29, 0.717) is 5.56 Å². The number of benzene rings is 2. The molecule has 2 rings (SSSR count). The zero-order chi connectivity index (χ0) is 14.5. The zero-order valence-corrected chi connectivity index (χ0v) is 13.9. The fraction of sp³-hybridized carbons (Fsp3) is 0.250. The lowest BCUT2D eigenvalue weighted by molar-refractivity contribution is 0.611. The van der Waals surface area contributed by atoms with Gasteiger partial charge in [-0.25, -0.2) is 4.39 Å². The minimum atomic E-state index is -0.150. The molecule has 0 heterocycles. The Morgan fingerprint density at radius 1 is 1.25 bits per heavy atom. The van der Waals surface area contributed by atoms with Crippen LogP contribution in [0, 0.1) is 12.7 Å². The molecule has 20 heavy (non-hydrogen) atoms. The number of nitrogens with one attached hydrogen (secondary N) is 1. The Hall–Kier alpha value is -0.840. The van der Waals surface area contributed by atoms with Crippen LogP contribution in [0.5, 0.6) is 0 Å². The summed E-state index contributed by atoms with van der Waals surface area (Å²) in [6.45, 7) is 1.80. The number of thioether (sulfide) groups is 1. The van der Waals surface area contributed by atoms with Crippen molar-refractivity contribution in [3.63, 3.8) is 0 Å². The molecule has 0 aliphatic heterocycles. The molecule has 0 saturated heterocycles. The Balaban J connectivity index is 2.07. The molecule has 0 aliphatic rings. The number of halogens is 2. The molecule has 1 unspecified atom stereocenters. The lowest BCUT2D eigenvalue weighted by Crippen LogP contribution is -2.18. The minimum absolute atomic E-state index is 0.150. The van der Waals surface area contributed by atoms with Crippen molar-refractivity contribution in [3.8, 4) is 0 Å². The standard InChI is InChI=1S/C16H17BrFNS/c1-11-8-12(6-7-15(11)18)16(19-2)10-20-14-5-3-4-13(17)9-14/h3-9,16,19H,10H2,1-2H3. The van der Waals surface area contributed by atoms with Crippen LogP contribution in [0.2, 0.25) is 0 Å². The molecule has 0 bridgehead atoms. The van der Waals surface area contributed by atoms with Gasteiger partial charge >= 0.3 is 0 Å². The van der Waals surface area contributed by atoms with Crippen molar-refractivity contribution >= 4 is 27.7 Å². The fourth-order valence-corrected chi connectivity index (χ4v) is 3.62. The van der Waals surface area contributed by atoms with Gasteiger partial charge in [-0.15, -0.1) is 11.8 Å². The third-order valence-corrected chi connectivity index (χ3v) is 4.73. The Kier molecular flexibility index (Phi) is 5.64. The van der Waals surface area contributed by atoms with Crippen molar-refractivity contribution in [1.82, 2.24) is 5.32 Å². The summed E-state index contributed by atoms with van der Waals surface area (Å²) in [5.74, 6) is 0.751. The van der Waals surface area contributed by atoms with Crippen LogP contribution >= 0.6 is 27.7 Å². The summed E-state index contributed by atoms with van der Waals surface area (Å²) in [6, 6.07) is 13.8. The summed E-state index contributed by atoms with van der Waals surface area (Å²) in [5.41, 5.74) is 1.81. The first-order chi connectivity index (χ1) is 9.60. The quantitative estimate of drug-likeness (QED) is 0.763. The van der Waals surface area contributed by atoms with E-state index in [1.54, 1.807) is 24.8 Å². The molecule has 0 amide bonds. The second-order valence-corrected chi connectivity index (χ2v) is 6.63. The first-order valence-corrected chi connectivity index (χ1v) is 8.19. The SMILES string of the molecule is CNC(CSc1cccc(Br)c1)c1ccc(F)c(C)c1. The highest BCUT2D eigenvalue weighted by molar-refractivity contribution is 9.10. The number of hydrogen-bond acceptors (Lipinski definition) is 2. The van der Waals surface area contributed by atoms with Crippen molar-refractivity contribution in [1.29, 1.82) is 0 Å². The average molecular weight is 354 g/mol. The summed E-state index contributed by atoms with van der Waals surface area (Å²) in [5, 5.41) is 3.29. The van der Waals surface area contributed by atoms with Crippen molar-refractivity contribution in [2.24, 2.45) is 0 Å². The van der Waals surface area contributed by atoms with E-state index >= 15 is 0 Å². The summed E-state index contributed by atoms with van der Waals surface area (Å²) in [6.07, 6.45) is 0. The van der Waals surface area contributed by atoms with E-state index in [2.05, 4.69) is 33.4 Å². The van der Waals surface area contributed by atoms with Crippen LogP contribution in [0.25, 0.3) is 0 Å². The van der Waals surface area contributed by atoms with E-state index in [1.165, 1.54) is 4.90 Å². The van der Waals surface area contributed by atoms with Crippen LogP contribution in [0.15, 0.2) is 51.8 Å². The lowest BCUT2D eigenvalue weighted by Gasteiger charge is -2.17. The second-order valence-electron chi connectivity index (χ2n) is 4.62. The largest absolute Gasteiger partial charge is 0.312 e.